The molecule has 0 aromatic carbocycles. The molecule has 0 aliphatic carbocycles. The van der Waals surface area contributed by atoms with Crippen LogP contribution in [0.5, 0.6) is 0 Å². The second-order valence-corrected chi connectivity index (χ2v) is 0. The van der Waals surface area contributed by atoms with Crippen molar-refractivity contribution in [3.05, 3.63) is 0 Å². The molecule has 24 valence electrons. The van der Waals surface area contributed by atoms with Gasteiger partial charge in [0.1, 0.15) is 0 Å². The van der Waals surface area contributed by atoms with E-state index in [1.54, 1.807) is 0 Å². The molecule has 4 heavy (non-hydrogen) atoms. The predicted molar refractivity (Wildman–Crippen MR) is 15.0 cm³/mol. The van der Waals surface area contributed by atoms with Gasteiger partial charge in [0, 0.05) is 17.1 Å². The zero-order valence-electron chi connectivity index (χ0n) is 3.51. The maximum absolute atomic E-state index is 4.42. The van der Waals surface area contributed by atoms with Crippen molar-refractivity contribution in [1.29, 1.82) is 0 Å². The van der Waals surface area contributed by atoms with Crippen molar-refractivity contribution in [2.24, 2.45) is 5.50 Å². The predicted octanol–water partition coefficient (Wildman–Crippen LogP) is -3.15. The standard InChI is InChI=1S/Fe.K.H4NP.H/c;;1-2;/h;;1-2H2;/q;+1;;-1. The fraction of sp³-hybridized carbons (Fsp3) is 0. The molecule has 0 aromatic heterocycles. The summed E-state index contributed by atoms with van der Waals surface area (Å²) in [7, 11) is 1.92. The fourth-order valence-electron chi connectivity index (χ4n) is 0. The largest absolute Gasteiger partial charge is 1.00 e. The number of hydrogen-bond acceptors (Lipinski definition) is 1. The Labute approximate surface area is 83.1 Å². The number of hydrogen-bond donors (Lipinski definition) is 1. The van der Waals surface area contributed by atoms with Crippen molar-refractivity contribution >= 4 is 9.39 Å². The van der Waals surface area contributed by atoms with Crippen molar-refractivity contribution in [2.45, 2.75) is 0 Å². The van der Waals surface area contributed by atoms with Gasteiger partial charge in [0.05, 0.1) is 0 Å². The summed E-state index contributed by atoms with van der Waals surface area (Å²) in [6, 6.07) is 0. The van der Waals surface area contributed by atoms with E-state index < -0.39 is 0 Å². The Morgan fingerprint density at radius 3 is 1.50 bits per heavy atom. The van der Waals surface area contributed by atoms with E-state index in [-0.39, 0.29) is 69.9 Å². The average Bonchev–Trinajstić information content (AvgIpc) is 1.00. The first-order valence-corrected chi connectivity index (χ1v) is 1.00. The third kappa shape index (κ3) is 8.82. The van der Waals surface area contributed by atoms with E-state index in [9.17, 15) is 0 Å². The average molecular weight is 145 g/mol. The van der Waals surface area contributed by atoms with E-state index in [1.807, 2.05) is 9.39 Å². The van der Waals surface area contributed by atoms with Crippen LogP contribution in [-0.4, -0.2) is 0 Å². The summed E-state index contributed by atoms with van der Waals surface area (Å²) in [6.07, 6.45) is 0. The summed E-state index contributed by atoms with van der Waals surface area (Å²) in [5.74, 6) is 0. The molecule has 0 aliphatic heterocycles. The number of nitrogens with two attached hydrogens (primary N) is 1. The maximum Gasteiger partial charge on any atom is 1.00 e. The molecule has 0 rings (SSSR count). The Balaban J connectivity index is -0.00000000167. The Morgan fingerprint density at radius 1 is 1.50 bits per heavy atom. The zero-order valence-corrected chi connectivity index (χ0v) is 7.89. The Morgan fingerprint density at radius 2 is 1.50 bits per heavy atom. The van der Waals surface area contributed by atoms with Gasteiger partial charge in [0.25, 0.3) is 0 Å². The molecule has 0 bridgehead atoms. The molecule has 1 atom stereocenters. The van der Waals surface area contributed by atoms with Gasteiger partial charge >= 0.3 is 51.4 Å². The second kappa shape index (κ2) is 17.7. The van der Waals surface area contributed by atoms with Gasteiger partial charge in [0.15, 0.2) is 0 Å². The van der Waals surface area contributed by atoms with E-state index >= 15 is 0 Å². The van der Waals surface area contributed by atoms with E-state index in [4.69, 9.17) is 0 Å². The van der Waals surface area contributed by atoms with Crippen LogP contribution in [0.15, 0.2) is 0 Å². The molecule has 0 spiro atoms. The molecule has 0 aromatic rings. The molecule has 1 unspecified atom stereocenters. The molecule has 0 amide bonds. The molecular weight excluding hydrogens is 140 g/mol. The third-order valence-corrected chi connectivity index (χ3v) is 0. The van der Waals surface area contributed by atoms with Gasteiger partial charge in [-0.3, -0.25) is 0 Å². The molecule has 2 N–H and O–H groups in total. The molecular formula is H5FeKNP. The molecule has 1 nitrogen and oxygen atoms in total. The van der Waals surface area contributed by atoms with Gasteiger partial charge in [-0.1, -0.05) is 9.39 Å². The number of rotatable bonds is 0. The van der Waals surface area contributed by atoms with Gasteiger partial charge in [-0.05, 0) is 0 Å². The van der Waals surface area contributed by atoms with E-state index in [0.29, 0.717) is 0 Å². The van der Waals surface area contributed by atoms with E-state index in [1.165, 1.54) is 0 Å². The van der Waals surface area contributed by atoms with Crippen LogP contribution < -0.4 is 56.9 Å². The summed E-state index contributed by atoms with van der Waals surface area (Å²) < 4.78 is 0. The van der Waals surface area contributed by atoms with Gasteiger partial charge in [-0.15, -0.1) is 0 Å². The minimum Gasteiger partial charge on any atom is -1.00 e. The minimum atomic E-state index is 0. The molecule has 0 fully saturated rings. The van der Waals surface area contributed by atoms with Gasteiger partial charge in [0.2, 0.25) is 0 Å². The molecule has 4 heteroatoms. The first-order chi connectivity index (χ1) is 1.00. The normalized spacial score (nSPS) is 1.50. The van der Waals surface area contributed by atoms with Crippen molar-refractivity contribution in [3.8, 4) is 0 Å². The summed E-state index contributed by atoms with van der Waals surface area (Å²) in [4.78, 5) is 0. The van der Waals surface area contributed by atoms with Gasteiger partial charge < -0.3 is 6.93 Å². The van der Waals surface area contributed by atoms with Crippen molar-refractivity contribution in [2.75, 3.05) is 0 Å². The molecule has 0 saturated heterocycles. The zero-order chi connectivity index (χ0) is 2.00. The van der Waals surface area contributed by atoms with Crippen LogP contribution in [0.2, 0.25) is 0 Å². The topological polar surface area (TPSA) is 26.0 Å². The van der Waals surface area contributed by atoms with Crippen molar-refractivity contribution in [3.63, 3.8) is 0 Å². The van der Waals surface area contributed by atoms with Gasteiger partial charge in [-0.2, -0.15) is 0 Å². The van der Waals surface area contributed by atoms with Crippen LogP contribution in [0, 0.1) is 0 Å². The van der Waals surface area contributed by atoms with E-state index in [0.717, 1.165) is 0 Å². The first kappa shape index (κ1) is 16.0. The van der Waals surface area contributed by atoms with Crippen LogP contribution in [-0.2, 0) is 17.1 Å². The minimum absolute atomic E-state index is 0. The van der Waals surface area contributed by atoms with Crippen molar-refractivity contribution < 1.29 is 69.9 Å². The molecule has 0 saturated carbocycles. The molecule has 0 heterocycles. The monoisotopic (exact) mass is 145 g/mol. The Hall–Kier alpha value is 2.55. The van der Waals surface area contributed by atoms with Crippen LogP contribution in [0.3, 0.4) is 0 Å². The third-order valence-electron chi connectivity index (χ3n) is 0. The van der Waals surface area contributed by atoms with Crippen molar-refractivity contribution in [1.82, 2.24) is 0 Å². The fourth-order valence-corrected chi connectivity index (χ4v) is 0. The summed E-state index contributed by atoms with van der Waals surface area (Å²) in [5.41, 5.74) is 4.42. The summed E-state index contributed by atoms with van der Waals surface area (Å²) >= 11 is 0. The Kier molecular flexibility index (Phi) is 70.8. The van der Waals surface area contributed by atoms with Crippen LogP contribution >= 0.6 is 9.39 Å². The maximum atomic E-state index is 4.42. The smallest absolute Gasteiger partial charge is 1.00 e. The Bertz CT molecular complexity index is 11.6. The first-order valence-electron chi connectivity index (χ1n) is 0.333. The van der Waals surface area contributed by atoms with Gasteiger partial charge in [-0.25, -0.2) is 0 Å². The van der Waals surface area contributed by atoms with Crippen LogP contribution in [0.4, 0.5) is 0 Å². The second-order valence-electron chi connectivity index (χ2n) is 0. The molecule has 0 radical (unpaired) electrons. The summed E-state index contributed by atoms with van der Waals surface area (Å²) in [5, 5.41) is 0. The molecule has 0 aliphatic rings. The quantitative estimate of drug-likeness (QED) is 0.282. The van der Waals surface area contributed by atoms with E-state index in [2.05, 4.69) is 5.50 Å². The summed E-state index contributed by atoms with van der Waals surface area (Å²) in [6.45, 7) is 0. The van der Waals surface area contributed by atoms with Crippen LogP contribution in [0.25, 0.3) is 0 Å². The van der Waals surface area contributed by atoms with Crippen LogP contribution in [0.1, 0.15) is 1.43 Å². The SMILES string of the molecule is NP.[Fe].[H-].[K+].